The SMILES string of the molecule is CCN(CC(=O)Nc1cccc(OC)c1)CC(=O)Nc1cc(C)ccc1C. The van der Waals surface area contributed by atoms with Crippen LogP contribution in [0, 0.1) is 13.8 Å². The molecule has 0 aliphatic carbocycles. The van der Waals surface area contributed by atoms with E-state index in [1.807, 2.05) is 51.1 Å². The van der Waals surface area contributed by atoms with Gasteiger partial charge in [-0.25, -0.2) is 0 Å². The molecule has 0 aromatic heterocycles. The molecule has 0 heterocycles. The van der Waals surface area contributed by atoms with Gasteiger partial charge in [-0.15, -0.1) is 0 Å². The number of hydrogen-bond acceptors (Lipinski definition) is 4. The van der Waals surface area contributed by atoms with Gasteiger partial charge in [-0.3, -0.25) is 14.5 Å². The third-order valence-electron chi connectivity index (χ3n) is 4.20. The molecule has 0 bridgehead atoms. The van der Waals surface area contributed by atoms with Gasteiger partial charge in [0.2, 0.25) is 11.8 Å². The molecule has 0 saturated heterocycles. The summed E-state index contributed by atoms with van der Waals surface area (Å²) in [5, 5.41) is 5.75. The third kappa shape index (κ3) is 6.42. The van der Waals surface area contributed by atoms with Crippen LogP contribution in [0.25, 0.3) is 0 Å². The van der Waals surface area contributed by atoms with Crippen LogP contribution in [0.15, 0.2) is 42.5 Å². The van der Waals surface area contributed by atoms with Gasteiger partial charge in [0.15, 0.2) is 0 Å². The van der Waals surface area contributed by atoms with Crippen LogP contribution >= 0.6 is 0 Å². The average molecular weight is 369 g/mol. The highest BCUT2D eigenvalue weighted by molar-refractivity contribution is 5.95. The van der Waals surface area contributed by atoms with Gasteiger partial charge in [-0.2, -0.15) is 0 Å². The van der Waals surface area contributed by atoms with E-state index in [4.69, 9.17) is 4.74 Å². The molecule has 0 aliphatic rings. The molecule has 2 aromatic carbocycles. The number of nitrogens with one attached hydrogen (secondary N) is 2. The molecular formula is C21H27N3O3. The van der Waals surface area contributed by atoms with Crippen LogP contribution in [0.3, 0.4) is 0 Å². The largest absolute Gasteiger partial charge is 0.497 e. The zero-order valence-corrected chi connectivity index (χ0v) is 16.3. The van der Waals surface area contributed by atoms with Gasteiger partial charge in [0.05, 0.1) is 20.2 Å². The van der Waals surface area contributed by atoms with Crippen molar-refractivity contribution in [3.63, 3.8) is 0 Å². The van der Waals surface area contributed by atoms with Crippen molar-refractivity contribution in [1.29, 1.82) is 0 Å². The van der Waals surface area contributed by atoms with E-state index in [0.717, 1.165) is 16.8 Å². The highest BCUT2D eigenvalue weighted by Gasteiger charge is 2.14. The van der Waals surface area contributed by atoms with Crippen molar-refractivity contribution >= 4 is 23.2 Å². The van der Waals surface area contributed by atoms with Crippen molar-refractivity contribution in [1.82, 2.24) is 4.90 Å². The van der Waals surface area contributed by atoms with Gasteiger partial charge in [0, 0.05) is 17.4 Å². The fourth-order valence-electron chi connectivity index (χ4n) is 2.65. The molecule has 2 rings (SSSR count). The molecular weight excluding hydrogens is 342 g/mol. The molecule has 0 unspecified atom stereocenters. The van der Waals surface area contributed by atoms with Crippen molar-refractivity contribution in [3.8, 4) is 5.75 Å². The number of aryl methyl sites for hydroxylation is 2. The molecule has 0 radical (unpaired) electrons. The van der Waals surface area contributed by atoms with Crippen LogP contribution < -0.4 is 15.4 Å². The first kappa shape index (κ1) is 20.5. The van der Waals surface area contributed by atoms with Crippen LogP contribution in [0.5, 0.6) is 5.75 Å². The minimum absolute atomic E-state index is 0.133. The summed E-state index contributed by atoms with van der Waals surface area (Å²) in [4.78, 5) is 26.4. The summed E-state index contributed by atoms with van der Waals surface area (Å²) in [5.41, 5.74) is 3.56. The number of anilines is 2. The molecule has 2 aromatic rings. The summed E-state index contributed by atoms with van der Waals surface area (Å²) in [6.45, 7) is 6.73. The van der Waals surface area contributed by atoms with E-state index in [1.165, 1.54) is 0 Å². The summed E-state index contributed by atoms with van der Waals surface area (Å²) < 4.78 is 5.15. The quantitative estimate of drug-likeness (QED) is 0.750. The molecule has 0 atom stereocenters. The fourth-order valence-corrected chi connectivity index (χ4v) is 2.65. The summed E-state index contributed by atoms with van der Waals surface area (Å²) in [5.74, 6) is 0.359. The Labute approximate surface area is 160 Å². The monoisotopic (exact) mass is 369 g/mol. The number of carbonyl (C=O) groups excluding carboxylic acids is 2. The number of hydrogen-bond donors (Lipinski definition) is 2. The lowest BCUT2D eigenvalue weighted by Gasteiger charge is -2.20. The molecule has 0 saturated carbocycles. The van der Waals surface area contributed by atoms with E-state index in [0.29, 0.717) is 18.0 Å². The first-order chi connectivity index (χ1) is 12.9. The van der Waals surface area contributed by atoms with Crippen LogP contribution in [0.2, 0.25) is 0 Å². The summed E-state index contributed by atoms with van der Waals surface area (Å²) in [6.07, 6.45) is 0. The first-order valence-electron chi connectivity index (χ1n) is 8.94. The van der Waals surface area contributed by atoms with Gasteiger partial charge in [0.1, 0.15) is 5.75 Å². The zero-order valence-electron chi connectivity index (χ0n) is 16.3. The standard InChI is InChI=1S/C21H27N3O3/c1-5-24(13-20(25)22-17-7-6-8-18(12-17)27-4)14-21(26)23-19-11-15(2)9-10-16(19)3/h6-12H,5,13-14H2,1-4H3,(H,22,25)(H,23,26). The fraction of sp³-hybridized carbons (Fsp3) is 0.333. The highest BCUT2D eigenvalue weighted by atomic mass is 16.5. The first-order valence-corrected chi connectivity index (χ1v) is 8.94. The lowest BCUT2D eigenvalue weighted by atomic mass is 10.1. The third-order valence-corrected chi connectivity index (χ3v) is 4.20. The minimum Gasteiger partial charge on any atom is -0.497 e. The van der Waals surface area contributed by atoms with E-state index >= 15 is 0 Å². The maximum absolute atomic E-state index is 12.4. The van der Waals surface area contributed by atoms with Gasteiger partial charge in [-0.05, 0) is 49.7 Å². The summed E-state index contributed by atoms with van der Waals surface area (Å²) in [7, 11) is 1.58. The second-order valence-corrected chi connectivity index (χ2v) is 6.45. The Morgan fingerprint density at radius 3 is 2.37 bits per heavy atom. The summed E-state index contributed by atoms with van der Waals surface area (Å²) in [6, 6.07) is 13.1. The Morgan fingerprint density at radius 1 is 1.00 bits per heavy atom. The maximum Gasteiger partial charge on any atom is 0.238 e. The number of rotatable bonds is 8. The van der Waals surface area contributed by atoms with Crippen LogP contribution in [-0.4, -0.2) is 43.5 Å². The highest BCUT2D eigenvalue weighted by Crippen LogP contribution is 2.17. The van der Waals surface area contributed by atoms with E-state index in [1.54, 1.807) is 24.1 Å². The lowest BCUT2D eigenvalue weighted by Crippen LogP contribution is -2.38. The van der Waals surface area contributed by atoms with E-state index < -0.39 is 0 Å². The van der Waals surface area contributed by atoms with Gasteiger partial charge in [0.25, 0.3) is 0 Å². The second-order valence-electron chi connectivity index (χ2n) is 6.45. The number of amides is 2. The molecule has 2 amide bonds. The molecule has 0 aliphatic heterocycles. The van der Waals surface area contributed by atoms with Crippen molar-refractivity contribution in [2.24, 2.45) is 0 Å². The topological polar surface area (TPSA) is 70.7 Å². The van der Waals surface area contributed by atoms with Crippen LogP contribution in [0.1, 0.15) is 18.1 Å². The molecule has 2 N–H and O–H groups in total. The predicted molar refractivity (Wildman–Crippen MR) is 108 cm³/mol. The van der Waals surface area contributed by atoms with Crippen molar-refractivity contribution < 1.29 is 14.3 Å². The number of nitrogens with zero attached hydrogens (tertiary/aromatic N) is 1. The smallest absolute Gasteiger partial charge is 0.238 e. The van der Waals surface area contributed by atoms with Gasteiger partial charge < -0.3 is 15.4 Å². The number of likely N-dealkylation sites (N-methyl/N-ethyl adjacent to an activating group) is 1. The minimum atomic E-state index is -0.176. The zero-order chi connectivity index (χ0) is 19.8. The number of ether oxygens (including phenoxy) is 1. The van der Waals surface area contributed by atoms with E-state index in [2.05, 4.69) is 10.6 Å². The van der Waals surface area contributed by atoms with Crippen molar-refractivity contribution in [3.05, 3.63) is 53.6 Å². The normalized spacial score (nSPS) is 10.6. The Kier molecular flexibility index (Phi) is 7.37. The van der Waals surface area contributed by atoms with Crippen LogP contribution in [-0.2, 0) is 9.59 Å². The molecule has 144 valence electrons. The van der Waals surface area contributed by atoms with Crippen LogP contribution in [0.4, 0.5) is 11.4 Å². The second kappa shape index (κ2) is 9.73. The maximum atomic E-state index is 12.4. The predicted octanol–water partition coefficient (Wildman–Crippen LogP) is 3.21. The Balaban J connectivity index is 1.91. The summed E-state index contributed by atoms with van der Waals surface area (Å²) >= 11 is 0. The van der Waals surface area contributed by atoms with Crippen molar-refractivity contribution in [2.75, 3.05) is 37.4 Å². The Bertz CT molecular complexity index is 805. The Morgan fingerprint density at radius 2 is 1.70 bits per heavy atom. The lowest BCUT2D eigenvalue weighted by molar-refractivity contribution is -0.119. The van der Waals surface area contributed by atoms with Gasteiger partial charge in [-0.1, -0.05) is 25.1 Å². The number of benzene rings is 2. The molecule has 0 spiro atoms. The van der Waals surface area contributed by atoms with E-state index in [9.17, 15) is 9.59 Å². The molecule has 6 heteroatoms. The Hall–Kier alpha value is -2.86. The van der Waals surface area contributed by atoms with Crippen molar-refractivity contribution in [2.45, 2.75) is 20.8 Å². The molecule has 0 fully saturated rings. The molecule has 6 nitrogen and oxygen atoms in total. The number of carbonyl (C=O) groups is 2. The number of methoxy groups -OCH3 is 1. The van der Waals surface area contributed by atoms with E-state index in [-0.39, 0.29) is 24.9 Å². The van der Waals surface area contributed by atoms with Gasteiger partial charge >= 0.3 is 0 Å². The average Bonchev–Trinajstić information content (AvgIpc) is 2.64. The molecule has 27 heavy (non-hydrogen) atoms.